The van der Waals surface area contributed by atoms with Crippen molar-refractivity contribution in [2.24, 2.45) is 0 Å². The second-order valence-corrected chi connectivity index (χ2v) is 7.54. The Morgan fingerprint density at radius 2 is 2.14 bits per heavy atom. The van der Waals surface area contributed by atoms with E-state index in [0.717, 1.165) is 31.5 Å². The number of alkyl halides is 3. The largest absolute Gasteiger partial charge is 0.416 e. The van der Waals surface area contributed by atoms with Crippen LogP contribution in [0.5, 0.6) is 0 Å². The molecule has 2 N–H and O–H groups in total. The molecule has 2 amide bonds. The zero-order chi connectivity index (χ0) is 20.9. The van der Waals surface area contributed by atoms with Crippen molar-refractivity contribution in [1.29, 1.82) is 0 Å². The summed E-state index contributed by atoms with van der Waals surface area (Å²) in [5.41, 5.74) is -0.183. The number of anilines is 1. The number of likely N-dealkylation sites (tertiary alicyclic amines) is 1. The molecular weight excluding hydrogens is 405 g/mol. The van der Waals surface area contributed by atoms with E-state index in [1.165, 1.54) is 23.5 Å². The zero-order valence-corrected chi connectivity index (χ0v) is 16.4. The number of halogens is 3. The van der Waals surface area contributed by atoms with Crippen LogP contribution in [-0.2, 0) is 17.5 Å². The van der Waals surface area contributed by atoms with Gasteiger partial charge in [0.1, 0.15) is 5.69 Å². The van der Waals surface area contributed by atoms with Crippen LogP contribution in [0.15, 0.2) is 29.6 Å². The lowest BCUT2D eigenvalue weighted by molar-refractivity contribution is -0.137. The number of nitrogens with zero attached hydrogens (tertiary/aromatic N) is 2. The maximum atomic E-state index is 12.7. The number of hydrogen-bond acceptors (Lipinski definition) is 5. The van der Waals surface area contributed by atoms with Crippen molar-refractivity contribution < 1.29 is 22.8 Å². The fourth-order valence-electron chi connectivity index (χ4n) is 3.00. The van der Waals surface area contributed by atoms with Gasteiger partial charge in [0.15, 0.2) is 5.13 Å². The van der Waals surface area contributed by atoms with Gasteiger partial charge in [-0.1, -0.05) is 12.1 Å². The number of carbonyl (C=O) groups excluding carboxylic acids is 2. The fourth-order valence-corrected chi connectivity index (χ4v) is 3.71. The summed E-state index contributed by atoms with van der Waals surface area (Å²) >= 11 is 1.28. The second-order valence-electron chi connectivity index (χ2n) is 6.68. The van der Waals surface area contributed by atoms with Crippen molar-refractivity contribution >= 4 is 28.3 Å². The maximum Gasteiger partial charge on any atom is 0.416 e. The predicted octanol–water partition coefficient (Wildman–Crippen LogP) is 3.52. The van der Waals surface area contributed by atoms with Crippen LogP contribution in [0, 0.1) is 0 Å². The monoisotopic (exact) mass is 426 g/mol. The van der Waals surface area contributed by atoms with Crippen molar-refractivity contribution in [2.45, 2.75) is 32.0 Å². The van der Waals surface area contributed by atoms with Crippen LogP contribution in [0.4, 0.5) is 18.3 Å². The lowest BCUT2D eigenvalue weighted by atomic mass is 10.1. The highest BCUT2D eigenvalue weighted by molar-refractivity contribution is 7.13. The molecule has 1 saturated heterocycles. The Morgan fingerprint density at radius 1 is 1.31 bits per heavy atom. The second kappa shape index (κ2) is 9.25. The number of aromatic nitrogens is 1. The number of carbonyl (C=O) groups is 2. The van der Waals surface area contributed by atoms with Crippen molar-refractivity contribution in [3.63, 3.8) is 0 Å². The van der Waals surface area contributed by atoms with E-state index in [1.54, 1.807) is 5.38 Å². The summed E-state index contributed by atoms with van der Waals surface area (Å²) in [7, 11) is 0. The van der Waals surface area contributed by atoms with Crippen LogP contribution in [0.1, 0.15) is 40.9 Å². The highest BCUT2D eigenvalue weighted by Gasteiger charge is 2.30. The number of hydrogen-bond donors (Lipinski definition) is 2. The Labute approximate surface area is 170 Å². The summed E-state index contributed by atoms with van der Waals surface area (Å²) in [5, 5.41) is 7.88. The number of rotatable bonds is 8. The summed E-state index contributed by atoms with van der Waals surface area (Å²) in [4.78, 5) is 29.8. The van der Waals surface area contributed by atoms with Crippen molar-refractivity contribution in [3.05, 3.63) is 46.5 Å². The van der Waals surface area contributed by atoms with Crippen LogP contribution < -0.4 is 10.6 Å². The first-order valence-electron chi connectivity index (χ1n) is 9.24. The minimum atomic E-state index is -4.42. The van der Waals surface area contributed by atoms with Gasteiger partial charge in [-0.05, 0) is 30.5 Å². The predicted molar refractivity (Wildman–Crippen MR) is 104 cm³/mol. The average molecular weight is 426 g/mol. The Bertz CT molecular complexity index is 869. The van der Waals surface area contributed by atoms with E-state index in [0.29, 0.717) is 30.2 Å². The third kappa shape index (κ3) is 5.93. The molecule has 29 heavy (non-hydrogen) atoms. The van der Waals surface area contributed by atoms with Gasteiger partial charge in [0, 0.05) is 38.0 Å². The quantitative estimate of drug-likeness (QED) is 0.634. The molecule has 2 aromatic rings. The van der Waals surface area contributed by atoms with Gasteiger partial charge in [-0.15, -0.1) is 11.3 Å². The number of benzene rings is 1. The fraction of sp³-hybridized carbons (Fsp3) is 0.421. The summed E-state index contributed by atoms with van der Waals surface area (Å²) in [6, 6.07) is 4.84. The Hall–Kier alpha value is -2.62. The molecular formula is C19H21F3N4O2S. The standard InChI is InChI=1S/C19H21F3N4O2S/c20-19(21,22)14-5-1-4-13(10-14)11-24-17(28)15-12-29-18(25-15)23-7-3-9-26-8-2-6-16(26)27/h1,4-5,10,12H,2-3,6-9,11H2,(H,23,25)(H,24,28). The number of thiazole rings is 1. The molecule has 1 fully saturated rings. The van der Waals surface area contributed by atoms with Gasteiger partial charge in [0.25, 0.3) is 5.91 Å². The van der Waals surface area contributed by atoms with E-state index in [9.17, 15) is 22.8 Å². The van der Waals surface area contributed by atoms with Gasteiger partial charge in [-0.3, -0.25) is 9.59 Å². The van der Waals surface area contributed by atoms with Crippen LogP contribution in [0.25, 0.3) is 0 Å². The molecule has 156 valence electrons. The molecule has 0 bridgehead atoms. The lowest BCUT2D eigenvalue weighted by Gasteiger charge is -2.14. The molecule has 1 aromatic heterocycles. The van der Waals surface area contributed by atoms with Crippen LogP contribution in [0.3, 0.4) is 0 Å². The van der Waals surface area contributed by atoms with Crippen LogP contribution >= 0.6 is 11.3 Å². The Morgan fingerprint density at radius 3 is 2.86 bits per heavy atom. The highest BCUT2D eigenvalue weighted by Crippen LogP contribution is 2.29. The van der Waals surface area contributed by atoms with Gasteiger partial charge in [-0.25, -0.2) is 4.98 Å². The molecule has 0 saturated carbocycles. The van der Waals surface area contributed by atoms with Crippen molar-refractivity contribution in [3.8, 4) is 0 Å². The highest BCUT2D eigenvalue weighted by atomic mass is 32.1. The third-order valence-corrected chi connectivity index (χ3v) is 5.30. The van der Waals surface area contributed by atoms with Crippen molar-refractivity contribution in [1.82, 2.24) is 15.2 Å². The molecule has 0 spiro atoms. The van der Waals surface area contributed by atoms with Gasteiger partial charge >= 0.3 is 6.18 Å². The summed E-state index contributed by atoms with van der Waals surface area (Å²) < 4.78 is 38.2. The minimum Gasteiger partial charge on any atom is -0.361 e. The average Bonchev–Trinajstić information content (AvgIpc) is 3.32. The van der Waals surface area contributed by atoms with E-state index >= 15 is 0 Å². The van der Waals surface area contributed by atoms with Gasteiger partial charge in [-0.2, -0.15) is 13.2 Å². The first kappa shape index (κ1) is 21.1. The van der Waals surface area contributed by atoms with Gasteiger partial charge in [0.05, 0.1) is 5.56 Å². The maximum absolute atomic E-state index is 12.7. The molecule has 0 atom stereocenters. The first-order chi connectivity index (χ1) is 13.8. The number of amides is 2. The van der Waals surface area contributed by atoms with Crippen molar-refractivity contribution in [2.75, 3.05) is 25.0 Å². The molecule has 1 aliphatic rings. The van der Waals surface area contributed by atoms with E-state index in [1.807, 2.05) is 4.90 Å². The van der Waals surface area contributed by atoms with E-state index in [-0.39, 0.29) is 18.1 Å². The molecule has 0 aliphatic carbocycles. The molecule has 6 nitrogen and oxygen atoms in total. The van der Waals surface area contributed by atoms with Gasteiger partial charge in [0.2, 0.25) is 5.91 Å². The Kier molecular flexibility index (Phi) is 6.73. The van der Waals surface area contributed by atoms with Crippen LogP contribution in [-0.4, -0.2) is 41.3 Å². The topological polar surface area (TPSA) is 74.3 Å². The van der Waals surface area contributed by atoms with E-state index in [4.69, 9.17) is 0 Å². The lowest BCUT2D eigenvalue weighted by Crippen LogP contribution is -2.27. The Balaban J connectivity index is 1.44. The SMILES string of the molecule is O=C(NCc1cccc(C(F)(F)F)c1)c1csc(NCCCN2CCCC2=O)n1. The minimum absolute atomic E-state index is 0.0209. The van der Waals surface area contributed by atoms with Gasteiger partial charge < -0.3 is 15.5 Å². The molecule has 0 radical (unpaired) electrons. The normalized spacial score (nSPS) is 14.3. The first-order valence-corrected chi connectivity index (χ1v) is 10.1. The van der Waals surface area contributed by atoms with E-state index in [2.05, 4.69) is 15.6 Å². The smallest absolute Gasteiger partial charge is 0.361 e. The number of nitrogens with one attached hydrogen (secondary N) is 2. The zero-order valence-electron chi connectivity index (χ0n) is 15.6. The molecule has 0 unspecified atom stereocenters. The summed E-state index contributed by atoms with van der Waals surface area (Å²) in [6.45, 7) is 2.11. The molecule has 1 aliphatic heterocycles. The van der Waals surface area contributed by atoms with E-state index < -0.39 is 17.6 Å². The molecule has 1 aromatic carbocycles. The molecule has 3 rings (SSSR count). The summed E-state index contributed by atoms with van der Waals surface area (Å²) in [5.74, 6) is -0.256. The molecule has 10 heteroatoms. The van der Waals surface area contributed by atoms with Crippen LogP contribution in [0.2, 0.25) is 0 Å². The molecule has 2 heterocycles. The third-order valence-electron chi connectivity index (χ3n) is 4.50. The summed E-state index contributed by atoms with van der Waals surface area (Å²) in [6.07, 6.45) is -2.10.